The van der Waals surface area contributed by atoms with E-state index in [0.29, 0.717) is 22.8 Å². The molecule has 2 aromatic rings. The maximum absolute atomic E-state index is 12.0. The second-order valence-electron chi connectivity index (χ2n) is 5.30. The van der Waals surface area contributed by atoms with Gasteiger partial charge in [-0.1, -0.05) is 35.9 Å². The lowest BCUT2D eigenvalue weighted by Gasteiger charge is -2.13. The van der Waals surface area contributed by atoms with Crippen LogP contribution in [0, 0.1) is 0 Å². The minimum Gasteiger partial charge on any atom is -0.507 e. The second-order valence-corrected chi connectivity index (χ2v) is 5.74. The lowest BCUT2D eigenvalue weighted by Crippen LogP contribution is -2.33. The number of phenolic OH excluding ortho intramolecular Hbond substituents is 1. The monoisotopic (exact) mass is 358 g/mol. The number of nitrogens with zero attached hydrogens (tertiary/aromatic N) is 1. The first-order valence-corrected chi connectivity index (χ1v) is 8.06. The molecule has 0 heterocycles. The van der Waals surface area contributed by atoms with E-state index in [1.807, 2.05) is 0 Å². The average molecular weight is 359 g/mol. The smallest absolute Gasteiger partial charge is 0.280 e. The lowest BCUT2D eigenvalue weighted by molar-refractivity contribution is -0.127. The van der Waals surface area contributed by atoms with Crippen LogP contribution in [0.3, 0.4) is 0 Å². The summed E-state index contributed by atoms with van der Waals surface area (Å²) >= 11 is 5.88. The zero-order valence-electron chi connectivity index (χ0n) is 13.8. The molecule has 0 spiro atoms. The number of allylic oxidation sites excluding steroid dienone is 1. The number of rotatable bonds is 7. The van der Waals surface area contributed by atoms with E-state index in [4.69, 9.17) is 16.3 Å². The fourth-order valence-electron chi connectivity index (χ4n) is 2.09. The molecule has 130 valence electrons. The number of carbonyl (C=O) groups excluding carboxylic acids is 1. The quantitative estimate of drug-likeness (QED) is 0.450. The van der Waals surface area contributed by atoms with Gasteiger partial charge in [-0.3, -0.25) is 4.79 Å². The van der Waals surface area contributed by atoms with Gasteiger partial charge in [0.05, 0.1) is 6.21 Å². The van der Waals surface area contributed by atoms with E-state index in [1.54, 1.807) is 55.5 Å². The summed E-state index contributed by atoms with van der Waals surface area (Å²) in [6.07, 6.45) is 2.87. The number of halogens is 1. The van der Waals surface area contributed by atoms with Crippen LogP contribution in [0.1, 0.15) is 18.1 Å². The molecule has 0 aliphatic carbocycles. The van der Waals surface area contributed by atoms with Crippen LogP contribution in [0.25, 0.3) is 0 Å². The van der Waals surface area contributed by atoms with Gasteiger partial charge in [-0.2, -0.15) is 5.10 Å². The molecule has 2 N–H and O–H groups in total. The van der Waals surface area contributed by atoms with E-state index in [1.165, 1.54) is 6.21 Å². The van der Waals surface area contributed by atoms with Crippen molar-refractivity contribution in [1.82, 2.24) is 5.43 Å². The summed E-state index contributed by atoms with van der Waals surface area (Å²) in [5, 5.41) is 14.5. The molecule has 2 rings (SSSR count). The van der Waals surface area contributed by atoms with Crippen molar-refractivity contribution in [3.05, 3.63) is 71.3 Å². The molecular weight excluding hydrogens is 340 g/mol. The van der Waals surface area contributed by atoms with Crippen LogP contribution < -0.4 is 10.2 Å². The number of ether oxygens (including phenoxy) is 1. The fraction of sp³-hybridized carbons (Fsp3) is 0.158. The minimum absolute atomic E-state index is 0.114. The number of para-hydroxylation sites is 1. The van der Waals surface area contributed by atoms with Crippen LogP contribution in [0.2, 0.25) is 5.02 Å². The number of benzene rings is 2. The zero-order valence-corrected chi connectivity index (χ0v) is 14.5. The van der Waals surface area contributed by atoms with Crippen molar-refractivity contribution in [3.63, 3.8) is 0 Å². The Hall–Kier alpha value is -2.79. The van der Waals surface area contributed by atoms with E-state index < -0.39 is 12.0 Å². The van der Waals surface area contributed by atoms with Crippen molar-refractivity contribution < 1.29 is 14.6 Å². The predicted octanol–water partition coefficient (Wildman–Crippen LogP) is 3.69. The molecule has 0 aliphatic heterocycles. The van der Waals surface area contributed by atoms with Crippen molar-refractivity contribution >= 4 is 23.7 Å². The molecule has 5 nitrogen and oxygen atoms in total. The van der Waals surface area contributed by atoms with Gasteiger partial charge in [-0.05, 0) is 43.2 Å². The molecule has 2 aromatic carbocycles. The maximum Gasteiger partial charge on any atom is 0.280 e. The van der Waals surface area contributed by atoms with Crippen LogP contribution in [-0.2, 0) is 11.2 Å². The van der Waals surface area contributed by atoms with Gasteiger partial charge in [0.1, 0.15) is 11.5 Å². The Morgan fingerprint density at radius 1 is 1.40 bits per heavy atom. The summed E-state index contributed by atoms with van der Waals surface area (Å²) in [6, 6.07) is 12.1. The number of amides is 1. The molecule has 0 unspecified atom stereocenters. The summed E-state index contributed by atoms with van der Waals surface area (Å²) in [4.78, 5) is 12.0. The SMILES string of the molecule is C=CCc1cccc(/C=N/NC(=O)[C@@H](C)Oc2cccc(Cl)c2)c1O. The van der Waals surface area contributed by atoms with Crippen LogP contribution in [0.4, 0.5) is 0 Å². The van der Waals surface area contributed by atoms with Gasteiger partial charge in [-0.25, -0.2) is 5.43 Å². The third kappa shape index (κ3) is 5.36. The highest BCUT2D eigenvalue weighted by atomic mass is 35.5. The van der Waals surface area contributed by atoms with Gasteiger partial charge < -0.3 is 9.84 Å². The Bertz CT molecular complexity index is 790. The summed E-state index contributed by atoms with van der Waals surface area (Å²) in [5.41, 5.74) is 3.63. The standard InChI is InChI=1S/C19H19ClN2O3/c1-3-6-14-7-4-8-15(18(14)23)12-21-22-19(24)13(2)25-17-10-5-9-16(20)11-17/h3-5,7-13,23H,1,6H2,2H3,(H,22,24)/b21-12+/t13-/m1/s1. The first kappa shape index (κ1) is 18.5. The van der Waals surface area contributed by atoms with Gasteiger partial charge in [0.2, 0.25) is 0 Å². The number of phenols is 1. The third-order valence-corrected chi connectivity index (χ3v) is 3.61. The summed E-state index contributed by atoms with van der Waals surface area (Å²) < 4.78 is 5.50. The van der Waals surface area contributed by atoms with Crippen molar-refractivity contribution in [1.29, 1.82) is 0 Å². The van der Waals surface area contributed by atoms with Crippen LogP contribution >= 0.6 is 11.6 Å². The number of nitrogens with one attached hydrogen (secondary N) is 1. The first-order chi connectivity index (χ1) is 12.0. The fourth-order valence-corrected chi connectivity index (χ4v) is 2.27. The highest BCUT2D eigenvalue weighted by Crippen LogP contribution is 2.21. The molecule has 6 heteroatoms. The summed E-state index contributed by atoms with van der Waals surface area (Å²) in [6.45, 7) is 5.25. The largest absolute Gasteiger partial charge is 0.507 e. The molecule has 0 aromatic heterocycles. The van der Waals surface area contributed by atoms with Crippen LogP contribution in [0.5, 0.6) is 11.5 Å². The van der Waals surface area contributed by atoms with Crippen molar-refractivity contribution in [2.75, 3.05) is 0 Å². The highest BCUT2D eigenvalue weighted by Gasteiger charge is 2.14. The van der Waals surface area contributed by atoms with Gasteiger partial charge >= 0.3 is 0 Å². The van der Waals surface area contributed by atoms with Crippen molar-refractivity contribution in [2.45, 2.75) is 19.4 Å². The molecule has 1 amide bonds. The molecular formula is C19H19ClN2O3. The molecule has 25 heavy (non-hydrogen) atoms. The van der Waals surface area contributed by atoms with E-state index in [-0.39, 0.29) is 5.75 Å². The summed E-state index contributed by atoms with van der Waals surface area (Å²) in [5.74, 6) is 0.190. The van der Waals surface area contributed by atoms with Crippen molar-refractivity contribution in [2.24, 2.45) is 5.10 Å². The van der Waals surface area contributed by atoms with Gasteiger partial charge in [0.25, 0.3) is 5.91 Å². The third-order valence-electron chi connectivity index (χ3n) is 3.37. The van der Waals surface area contributed by atoms with E-state index in [0.717, 1.165) is 5.56 Å². The van der Waals surface area contributed by atoms with E-state index >= 15 is 0 Å². The van der Waals surface area contributed by atoms with Gasteiger partial charge in [0, 0.05) is 10.6 Å². The molecule has 0 radical (unpaired) electrons. The van der Waals surface area contributed by atoms with Crippen molar-refractivity contribution in [3.8, 4) is 11.5 Å². The number of hydrazone groups is 1. The van der Waals surface area contributed by atoms with Gasteiger partial charge in [-0.15, -0.1) is 6.58 Å². The van der Waals surface area contributed by atoms with E-state index in [9.17, 15) is 9.90 Å². The zero-order chi connectivity index (χ0) is 18.2. The predicted molar refractivity (Wildman–Crippen MR) is 99.3 cm³/mol. The molecule has 0 fully saturated rings. The molecule has 0 aliphatic rings. The maximum atomic E-state index is 12.0. The Morgan fingerprint density at radius 3 is 2.88 bits per heavy atom. The second kappa shape index (κ2) is 8.89. The first-order valence-electron chi connectivity index (χ1n) is 7.68. The Labute approximate surface area is 151 Å². The number of carbonyl (C=O) groups is 1. The molecule has 1 atom stereocenters. The van der Waals surface area contributed by atoms with Crippen LogP contribution in [-0.4, -0.2) is 23.3 Å². The average Bonchev–Trinajstić information content (AvgIpc) is 2.58. The normalized spacial score (nSPS) is 11.9. The van der Waals surface area contributed by atoms with Crippen LogP contribution in [0.15, 0.2) is 60.2 Å². The van der Waals surface area contributed by atoms with Gasteiger partial charge in [0.15, 0.2) is 6.10 Å². The summed E-state index contributed by atoms with van der Waals surface area (Å²) in [7, 11) is 0. The molecule has 0 saturated heterocycles. The molecule has 0 bridgehead atoms. The Kier molecular flexibility index (Phi) is 6.60. The molecule has 0 saturated carbocycles. The lowest BCUT2D eigenvalue weighted by atomic mass is 10.1. The minimum atomic E-state index is -0.753. The highest BCUT2D eigenvalue weighted by molar-refractivity contribution is 6.30. The van der Waals surface area contributed by atoms with E-state index in [2.05, 4.69) is 17.1 Å². The number of hydrogen-bond acceptors (Lipinski definition) is 4. The topological polar surface area (TPSA) is 70.9 Å². The number of hydrogen-bond donors (Lipinski definition) is 2. The Balaban J connectivity index is 1.96. The number of aromatic hydroxyl groups is 1. The Morgan fingerprint density at radius 2 is 2.16 bits per heavy atom.